The van der Waals surface area contributed by atoms with E-state index in [1.807, 2.05) is 0 Å². The molecule has 0 saturated carbocycles. The standard InChI is InChI=1S/C21H16BrF6N3O/c22-16-2-1-3-29-19(16)12(4-11-5-13(23)8-14(24)6-11)7-15(32)10-31-18(21(27)28)9-17(30-31)20(25)26/h1-3,5-6,8-9,12,20-21H,4,7,10H2/t12-/m1/s1. The SMILES string of the molecule is O=C(C[C@@H](Cc1cc(F)cc(F)c1)c1ncccc1Br)Cn1nc(C(F)F)cc1C(F)F. The number of ketones is 1. The highest BCUT2D eigenvalue weighted by Gasteiger charge is 2.25. The lowest BCUT2D eigenvalue weighted by atomic mass is 9.90. The first-order valence-corrected chi connectivity index (χ1v) is 10.1. The first-order chi connectivity index (χ1) is 15.1. The average molecular weight is 520 g/mol. The van der Waals surface area contributed by atoms with Crippen LogP contribution in [0.1, 0.15) is 47.8 Å². The van der Waals surface area contributed by atoms with Gasteiger partial charge in [0, 0.05) is 29.1 Å². The van der Waals surface area contributed by atoms with Crippen LogP contribution >= 0.6 is 15.9 Å². The van der Waals surface area contributed by atoms with Crippen LogP contribution in [0.15, 0.2) is 47.1 Å². The van der Waals surface area contributed by atoms with E-state index in [0.717, 1.165) is 12.1 Å². The van der Waals surface area contributed by atoms with E-state index in [1.54, 1.807) is 12.1 Å². The number of pyridine rings is 1. The number of hydrogen-bond donors (Lipinski definition) is 0. The Bertz CT molecular complexity index is 1080. The van der Waals surface area contributed by atoms with E-state index >= 15 is 0 Å². The first-order valence-electron chi connectivity index (χ1n) is 9.35. The Kier molecular flexibility index (Phi) is 7.70. The third-order valence-electron chi connectivity index (χ3n) is 4.66. The van der Waals surface area contributed by atoms with Gasteiger partial charge < -0.3 is 0 Å². The van der Waals surface area contributed by atoms with Gasteiger partial charge in [0.05, 0.1) is 5.69 Å². The number of rotatable bonds is 9. The zero-order chi connectivity index (χ0) is 23.4. The molecule has 0 N–H and O–H groups in total. The molecule has 4 nitrogen and oxygen atoms in total. The lowest BCUT2D eigenvalue weighted by Gasteiger charge is -2.18. The van der Waals surface area contributed by atoms with Crippen molar-refractivity contribution in [2.45, 2.75) is 38.2 Å². The summed E-state index contributed by atoms with van der Waals surface area (Å²) in [5, 5.41) is 3.42. The van der Waals surface area contributed by atoms with Gasteiger partial charge in [-0.1, -0.05) is 0 Å². The minimum Gasteiger partial charge on any atom is -0.298 e. The van der Waals surface area contributed by atoms with Crippen LogP contribution in [0, 0.1) is 11.6 Å². The summed E-state index contributed by atoms with van der Waals surface area (Å²) in [6.07, 6.45) is -4.91. The maximum absolute atomic E-state index is 13.6. The molecule has 0 amide bonds. The van der Waals surface area contributed by atoms with Gasteiger partial charge in [0.2, 0.25) is 0 Å². The molecule has 0 aliphatic carbocycles. The number of benzene rings is 1. The van der Waals surface area contributed by atoms with Crippen molar-refractivity contribution in [1.29, 1.82) is 0 Å². The quantitative estimate of drug-likeness (QED) is 0.317. The summed E-state index contributed by atoms with van der Waals surface area (Å²) in [6, 6.07) is 6.82. The molecule has 32 heavy (non-hydrogen) atoms. The van der Waals surface area contributed by atoms with Crippen LogP contribution in [0.3, 0.4) is 0 Å². The molecule has 0 radical (unpaired) electrons. The number of alkyl halides is 4. The van der Waals surface area contributed by atoms with Gasteiger partial charge in [-0.25, -0.2) is 26.3 Å². The Labute approximate surface area is 187 Å². The van der Waals surface area contributed by atoms with E-state index in [9.17, 15) is 31.1 Å². The maximum atomic E-state index is 13.6. The summed E-state index contributed by atoms with van der Waals surface area (Å²) in [6.45, 7) is -0.662. The summed E-state index contributed by atoms with van der Waals surface area (Å²) in [5.74, 6) is -2.83. The molecule has 0 unspecified atom stereocenters. The highest BCUT2D eigenvalue weighted by molar-refractivity contribution is 9.10. The molecule has 0 bridgehead atoms. The summed E-state index contributed by atoms with van der Waals surface area (Å²) in [7, 11) is 0. The highest BCUT2D eigenvalue weighted by atomic mass is 79.9. The second-order valence-electron chi connectivity index (χ2n) is 7.05. The van der Waals surface area contributed by atoms with Crippen molar-refractivity contribution in [2.75, 3.05) is 0 Å². The summed E-state index contributed by atoms with van der Waals surface area (Å²) >= 11 is 3.32. The largest absolute Gasteiger partial charge is 0.298 e. The molecule has 1 aromatic carbocycles. The molecule has 0 spiro atoms. The Hall–Kier alpha value is -2.69. The molecule has 2 heterocycles. The van der Waals surface area contributed by atoms with E-state index in [0.29, 0.717) is 27.0 Å². The summed E-state index contributed by atoms with van der Waals surface area (Å²) in [4.78, 5) is 16.9. The predicted molar refractivity (Wildman–Crippen MR) is 107 cm³/mol. The number of nitrogens with zero attached hydrogens (tertiary/aromatic N) is 3. The van der Waals surface area contributed by atoms with Gasteiger partial charge in [0.15, 0.2) is 5.78 Å². The molecule has 3 rings (SSSR count). The van der Waals surface area contributed by atoms with Crippen molar-refractivity contribution in [2.24, 2.45) is 0 Å². The lowest BCUT2D eigenvalue weighted by Crippen LogP contribution is -2.19. The van der Waals surface area contributed by atoms with Gasteiger partial charge in [-0.2, -0.15) is 5.10 Å². The van der Waals surface area contributed by atoms with E-state index in [2.05, 4.69) is 26.0 Å². The van der Waals surface area contributed by atoms with Gasteiger partial charge in [-0.15, -0.1) is 0 Å². The molecule has 3 aromatic rings. The van der Waals surface area contributed by atoms with E-state index in [4.69, 9.17) is 0 Å². The number of hydrogen-bond acceptors (Lipinski definition) is 3. The molecule has 0 aliphatic rings. The molecule has 11 heteroatoms. The zero-order valence-corrected chi connectivity index (χ0v) is 17.9. The Morgan fingerprint density at radius 1 is 1.03 bits per heavy atom. The average Bonchev–Trinajstić information content (AvgIpc) is 3.11. The number of aromatic nitrogens is 3. The van der Waals surface area contributed by atoms with Crippen molar-refractivity contribution >= 4 is 21.7 Å². The van der Waals surface area contributed by atoms with Gasteiger partial charge in [0.25, 0.3) is 12.9 Å². The molecule has 0 fully saturated rings. The highest BCUT2D eigenvalue weighted by Crippen LogP contribution is 2.30. The van der Waals surface area contributed by atoms with Crippen LogP contribution < -0.4 is 0 Å². The van der Waals surface area contributed by atoms with Crippen molar-refractivity contribution < 1.29 is 31.1 Å². The van der Waals surface area contributed by atoms with Gasteiger partial charge in [-0.3, -0.25) is 14.5 Å². The van der Waals surface area contributed by atoms with Crippen LogP contribution in [0.2, 0.25) is 0 Å². The topological polar surface area (TPSA) is 47.8 Å². The number of carbonyl (C=O) groups excluding carboxylic acids is 1. The molecule has 2 aromatic heterocycles. The first kappa shape index (κ1) is 24.0. The molecule has 1 atom stereocenters. The number of halogens is 7. The molecular formula is C21H16BrF6N3O. The van der Waals surface area contributed by atoms with Crippen molar-refractivity contribution in [1.82, 2.24) is 14.8 Å². The van der Waals surface area contributed by atoms with Gasteiger partial charge in [-0.05, 0) is 58.2 Å². The van der Waals surface area contributed by atoms with E-state index < -0.39 is 54.1 Å². The van der Waals surface area contributed by atoms with Crippen LogP contribution in [0.5, 0.6) is 0 Å². The summed E-state index contributed by atoms with van der Waals surface area (Å²) < 4.78 is 80.5. The van der Waals surface area contributed by atoms with Gasteiger partial charge >= 0.3 is 0 Å². The van der Waals surface area contributed by atoms with Crippen molar-refractivity contribution in [3.05, 3.63) is 81.3 Å². The smallest absolute Gasteiger partial charge is 0.282 e. The second kappa shape index (κ2) is 10.3. The van der Waals surface area contributed by atoms with Crippen LogP contribution in [-0.2, 0) is 17.8 Å². The van der Waals surface area contributed by atoms with Crippen LogP contribution in [-0.4, -0.2) is 20.5 Å². The second-order valence-corrected chi connectivity index (χ2v) is 7.90. The molecular weight excluding hydrogens is 504 g/mol. The Morgan fingerprint density at radius 3 is 2.31 bits per heavy atom. The third kappa shape index (κ3) is 5.96. The fourth-order valence-corrected chi connectivity index (χ4v) is 3.92. The fraction of sp³-hybridized carbons (Fsp3) is 0.286. The van der Waals surface area contributed by atoms with Crippen molar-refractivity contribution in [3.63, 3.8) is 0 Å². The molecule has 0 saturated heterocycles. The minimum absolute atomic E-state index is 0.0269. The fourth-order valence-electron chi connectivity index (χ4n) is 3.34. The molecule has 170 valence electrons. The van der Waals surface area contributed by atoms with Crippen molar-refractivity contribution in [3.8, 4) is 0 Å². The van der Waals surface area contributed by atoms with Crippen LogP contribution in [0.25, 0.3) is 0 Å². The minimum atomic E-state index is -3.10. The number of Topliss-reactive ketones (excluding diaryl/α,β-unsaturated/α-hetero) is 1. The predicted octanol–water partition coefficient (Wildman–Crippen LogP) is 6.18. The zero-order valence-electron chi connectivity index (χ0n) is 16.3. The lowest BCUT2D eigenvalue weighted by molar-refractivity contribution is -0.120. The maximum Gasteiger partial charge on any atom is 0.282 e. The monoisotopic (exact) mass is 519 g/mol. The molecule has 0 aliphatic heterocycles. The van der Waals surface area contributed by atoms with Crippen LogP contribution in [0.4, 0.5) is 26.3 Å². The third-order valence-corrected chi connectivity index (χ3v) is 5.33. The summed E-state index contributed by atoms with van der Waals surface area (Å²) in [5.41, 5.74) is -0.956. The Balaban J connectivity index is 1.86. The Morgan fingerprint density at radius 2 is 1.72 bits per heavy atom. The normalized spacial score (nSPS) is 12.5. The van der Waals surface area contributed by atoms with E-state index in [1.165, 1.54) is 6.20 Å². The van der Waals surface area contributed by atoms with E-state index in [-0.39, 0.29) is 18.4 Å². The number of carbonyl (C=O) groups is 1. The van der Waals surface area contributed by atoms with Gasteiger partial charge in [0.1, 0.15) is 29.6 Å².